The molecule has 0 fully saturated rings. The minimum absolute atomic E-state index is 0.637. The summed E-state index contributed by atoms with van der Waals surface area (Å²) in [6.07, 6.45) is 0.898. The fourth-order valence-electron chi connectivity index (χ4n) is 3.26. The first-order valence-corrected chi connectivity index (χ1v) is 8.48. The molecule has 0 bridgehead atoms. The molecule has 3 aromatic carbocycles. The number of benzene rings is 3. The first-order valence-electron chi connectivity index (χ1n) is 8.10. The van der Waals surface area contributed by atoms with Crippen molar-refractivity contribution >= 4 is 28.8 Å². The molecule has 1 heterocycles. The molecule has 0 unspecified atom stereocenters. The Morgan fingerprint density at radius 1 is 0.880 bits per heavy atom. The monoisotopic (exact) mass is 345 g/mol. The highest BCUT2D eigenvalue weighted by atomic mass is 35.5. The van der Waals surface area contributed by atoms with E-state index in [9.17, 15) is 4.79 Å². The van der Waals surface area contributed by atoms with Gasteiger partial charge in [0.25, 0.3) is 0 Å². The highest BCUT2D eigenvalue weighted by molar-refractivity contribution is 6.31. The summed E-state index contributed by atoms with van der Waals surface area (Å²) in [6, 6.07) is 22.2. The predicted molar refractivity (Wildman–Crippen MR) is 104 cm³/mol. The van der Waals surface area contributed by atoms with E-state index in [2.05, 4.69) is 29.2 Å². The first-order chi connectivity index (χ1) is 12.2. The Morgan fingerprint density at radius 3 is 2.20 bits per heavy atom. The van der Waals surface area contributed by atoms with Gasteiger partial charge in [0.2, 0.25) is 0 Å². The van der Waals surface area contributed by atoms with Crippen molar-refractivity contribution in [2.24, 2.45) is 0 Å². The van der Waals surface area contributed by atoms with E-state index in [-0.39, 0.29) is 0 Å². The number of fused-ring (bicyclic) bond motifs is 1. The van der Waals surface area contributed by atoms with E-state index in [1.807, 2.05) is 49.4 Å². The lowest BCUT2D eigenvalue weighted by Crippen LogP contribution is -1.85. The molecule has 0 radical (unpaired) electrons. The van der Waals surface area contributed by atoms with Gasteiger partial charge in [-0.3, -0.25) is 4.79 Å². The highest BCUT2D eigenvalue weighted by Gasteiger charge is 2.15. The molecular weight excluding hydrogens is 330 g/mol. The molecule has 0 aliphatic carbocycles. The van der Waals surface area contributed by atoms with Crippen LogP contribution in [0.1, 0.15) is 15.9 Å². The van der Waals surface area contributed by atoms with Crippen molar-refractivity contribution in [2.45, 2.75) is 6.92 Å². The van der Waals surface area contributed by atoms with Crippen molar-refractivity contribution in [3.63, 3.8) is 0 Å². The zero-order valence-electron chi connectivity index (χ0n) is 13.7. The van der Waals surface area contributed by atoms with Gasteiger partial charge in [0.05, 0.1) is 5.69 Å². The van der Waals surface area contributed by atoms with Gasteiger partial charge in [-0.1, -0.05) is 66.2 Å². The van der Waals surface area contributed by atoms with E-state index < -0.39 is 0 Å². The van der Waals surface area contributed by atoms with E-state index in [0.29, 0.717) is 10.6 Å². The topological polar surface area (TPSA) is 32.9 Å². The zero-order chi connectivity index (χ0) is 17.4. The number of H-pyrrole nitrogens is 1. The Morgan fingerprint density at radius 2 is 1.52 bits per heavy atom. The molecular formula is C22H16ClNO. The number of halogens is 1. The summed E-state index contributed by atoms with van der Waals surface area (Å²) >= 11 is 6.17. The van der Waals surface area contributed by atoms with E-state index >= 15 is 0 Å². The first kappa shape index (κ1) is 15.7. The van der Waals surface area contributed by atoms with Crippen LogP contribution < -0.4 is 0 Å². The fourth-order valence-corrected chi connectivity index (χ4v) is 3.53. The zero-order valence-corrected chi connectivity index (χ0v) is 14.5. The van der Waals surface area contributed by atoms with Crippen LogP contribution in [-0.4, -0.2) is 11.3 Å². The maximum Gasteiger partial charge on any atom is 0.152 e. The van der Waals surface area contributed by atoms with Crippen LogP contribution in [0, 0.1) is 6.92 Å². The van der Waals surface area contributed by atoms with Gasteiger partial charge in [0.15, 0.2) is 6.29 Å². The minimum Gasteiger partial charge on any atom is -0.354 e. The number of aryl methyl sites for hydroxylation is 1. The van der Waals surface area contributed by atoms with Crippen molar-refractivity contribution in [3.8, 4) is 22.4 Å². The Balaban J connectivity index is 1.85. The van der Waals surface area contributed by atoms with Gasteiger partial charge in [-0.05, 0) is 41.3 Å². The lowest BCUT2D eigenvalue weighted by Gasteiger charge is -2.04. The van der Waals surface area contributed by atoms with Crippen LogP contribution >= 0.6 is 11.6 Å². The largest absolute Gasteiger partial charge is 0.354 e. The molecule has 3 heteroatoms. The lowest BCUT2D eigenvalue weighted by molar-refractivity contribution is 0.112. The summed E-state index contributed by atoms with van der Waals surface area (Å²) in [5, 5.41) is 1.50. The smallest absolute Gasteiger partial charge is 0.152 e. The van der Waals surface area contributed by atoms with Crippen LogP contribution in [-0.2, 0) is 0 Å². The van der Waals surface area contributed by atoms with E-state index in [1.54, 1.807) is 0 Å². The molecule has 0 aliphatic rings. The van der Waals surface area contributed by atoms with Crippen LogP contribution in [0.3, 0.4) is 0 Å². The summed E-state index contributed by atoms with van der Waals surface area (Å²) in [5.74, 6) is 0. The standard InChI is InChI=1S/C22H16ClNO/c1-14-11-18(23)12-19-20(13-25)22(24-21(14)19)17-9-7-16(8-10-17)15-5-3-2-4-6-15/h2-13,24H,1H3. The molecule has 1 aromatic heterocycles. The van der Waals surface area contributed by atoms with Crippen LogP contribution in [0.15, 0.2) is 66.7 Å². The Labute approximate surface area is 151 Å². The molecule has 4 aromatic rings. The summed E-state index contributed by atoms with van der Waals surface area (Å²) in [6.45, 7) is 1.99. The molecule has 0 aliphatic heterocycles. The van der Waals surface area contributed by atoms with Crippen LogP contribution in [0.5, 0.6) is 0 Å². The predicted octanol–water partition coefficient (Wildman–Crippen LogP) is 6.28. The summed E-state index contributed by atoms with van der Waals surface area (Å²) in [5.41, 5.74) is 6.75. The average molecular weight is 346 g/mol. The number of nitrogens with one attached hydrogen (secondary N) is 1. The van der Waals surface area contributed by atoms with Gasteiger partial charge in [0, 0.05) is 21.5 Å². The van der Waals surface area contributed by atoms with Crippen molar-refractivity contribution in [2.75, 3.05) is 0 Å². The number of rotatable bonds is 3. The van der Waals surface area contributed by atoms with Gasteiger partial charge < -0.3 is 4.98 Å². The third-order valence-electron chi connectivity index (χ3n) is 4.51. The summed E-state index contributed by atoms with van der Waals surface area (Å²) in [7, 11) is 0. The number of aromatic amines is 1. The third kappa shape index (κ3) is 2.75. The lowest BCUT2D eigenvalue weighted by atomic mass is 10.0. The fraction of sp³-hybridized carbons (Fsp3) is 0.0455. The molecule has 0 saturated carbocycles. The van der Waals surface area contributed by atoms with Crippen LogP contribution in [0.25, 0.3) is 33.3 Å². The molecule has 0 spiro atoms. The van der Waals surface area contributed by atoms with Crippen LogP contribution in [0.4, 0.5) is 0 Å². The van der Waals surface area contributed by atoms with E-state index in [0.717, 1.165) is 39.6 Å². The second-order valence-electron chi connectivity index (χ2n) is 6.12. The molecule has 4 rings (SSSR count). The number of hydrogen-bond acceptors (Lipinski definition) is 1. The molecule has 0 saturated heterocycles. The van der Waals surface area contributed by atoms with Crippen molar-refractivity contribution < 1.29 is 4.79 Å². The average Bonchev–Trinajstić information content (AvgIpc) is 3.01. The molecule has 0 atom stereocenters. The number of carbonyl (C=O) groups is 1. The SMILES string of the molecule is Cc1cc(Cl)cc2c(C=O)c(-c3ccc(-c4ccccc4)cc3)[nH]c12. The van der Waals surface area contributed by atoms with Gasteiger partial charge in [-0.25, -0.2) is 0 Å². The summed E-state index contributed by atoms with van der Waals surface area (Å²) < 4.78 is 0. The Bertz CT molecular complexity index is 1060. The second kappa shape index (κ2) is 6.23. The normalized spacial score (nSPS) is 11.0. The third-order valence-corrected chi connectivity index (χ3v) is 4.73. The number of hydrogen-bond donors (Lipinski definition) is 1. The van der Waals surface area contributed by atoms with Gasteiger partial charge in [0.1, 0.15) is 0 Å². The maximum atomic E-state index is 11.7. The van der Waals surface area contributed by atoms with Crippen LogP contribution in [0.2, 0.25) is 5.02 Å². The number of carbonyl (C=O) groups excluding carboxylic acids is 1. The number of aromatic nitrogens is 1. The molecule has 25 heavy (non-hydrogen) atoms. The molecule has 122 valence electrons. The Hall–Kier alpha value is -2.84. The molecule has 0 amide bonds. The Kier molecular flexibility index (Phi) is 3.90. The van der Waals surface area contributed by atoms with Gasteiger partial charge in [-0.2, -0.15) is 0 Å². The summed E-state index contributed by atoms with van der Waals surface area (Å²) in [4.78, 5) is 15.1. The quantitative estimate of drug-likeness (QED) is 0.436. The number of aldehydes is 1. The van der Waals surface area contributed by atoms with Gasteiger partial charge >= 0.3 is 0 Å². The van der Waals surface area contributed by atoms with Crippen molar-refractivity contribution in [1.82, 2.24) is 4.98 Å². The van der Waals surface area contributed by atoms with E-state index in [4.69, 9.17) is 11.6 Å². The molecule has 1 N–H and O–H groups in total. The van der Waals surface area contributed by atoms with Crippen molar-refractivity contribution in [1.29, 1.82) is 0 Å². The highest BCUT2D eigenvalue weighted by Crippen LogP contribution is 2.33. The molecule has 2 nitrogen and oxygen atoms in total. The van der Waals surface area contributed by atoms with E-state index in [1.165, 1.54) is 5.56 Å². The second-order valence-corrected chi connectivity index (χ2v) is 6.56. The van der Waals surface area contributed by atoms with Crippen molar-refractivity contribution in [3.05, 3.63) is 82.9 Å². The van der Waals surface area contributed by atoms with Gasteiger partial charge in [-0.15, -0.1) is 0 Å². The minimum atomic E-state index is 0.637. The maximum absolute atomic E-state index is 11.7.